The Morgan fingerprint density at radius 2 is 1.40 bits per heavy atom. The van der Waals surface area contributed by atoms with Crippen LogP contribution in [0.5, 0.6) is 0 Å². The van der Waals surface area contributed by atoms with Gasteiger partial charge in [0, 0.05) is 17.7 Å². The third-order valence-electron chi connectivity index (χ3n) is 4.18. The lowest BCUT2D eigenvalue weighted by atomic mass is 10.2. The molecule has 104 valence electrons. The van der Waals surface area contributed by atoms with E-state index in [9.17, 15) is 0 Å². The molecule has 0 spiro atoms. The van der Waals surface area contributed by atoms with Crippen molar-refractivity contribution in [3.05, 3.63) is 66.0 Å². The quantitative estimate of drug-likeness (QED) is 0.711. The van der Waals surface area contributed by atoms with E-state index in [4.69, 9.17) is 0 Å². The minimum Gasteiger partial charge on any atom is -0.322 e. The van der Waals surface area contributed by atoms with Gasteiger partial charge in [-0.1, -0.05) is 30.3 Å². The van der Waals surface area contributed by atoms with Crippen molar-refractivity contribution in [1.29, 1.82) is 0 Å². The predicted octanol–water partition coefficient (Wildman–Crippen LogP) is -1.02. The Kier molecular flexibility index (Phi) is 4.41. The van der Waals surface area contributed by atoms with E-state index < -0.39 is 0 Å². The van der Waals surface area contributed by atoms with Gasteiger partial charge in [0.15, 0.2) is 12.7 Å². The Morgan fingerprint density at radius 1 is 0.750 bits per heavy atom. The molecule has 0 radical (unpaired) electrons. The Balaban J connectivity index is 1.47. The van der Waals surface area contributed by atoms with Gasteiger partial charge in [0.1, 0.15) is 32.7 Å². The number of aromatic amines is 1. The molecule has 0 amide bonds. The molecule has 0 unspecified atom stereocenters. The standard InChI is InChI=1S/C17H21N3/c1-2-6-16(7-3-1)14-19-10-12-20(13-11-19)15-17-8-4-5-9-18-17/h1-9H,10-15H2/p+3. The molecule has 1 aromatic heterocycles. The summed E-state index contributed by atoms with van der Waals surface area (Å²) in [5.74, 6) is 0. The number of H-pyrrole nitrogens is 1. The highest BCUT2D eigenvalue weighted by molar-refractivity contribution is 5.13. The Hall–Kier alpha value is -1.71. The zero-order valence-corrected chi connectivity index (χ0v) is 11.9. The summed E-state index contributed by atoms with van der Waals surface area (Å²) in [7, 11) is 0. The molecule has 1 aromatic carbocycles. The Bertz CT molecular complexity index is 455. The van der Waals surface area contributed by atoms with E-state index in [2.05, 4.69) is 47.4 Å². The first kappa shape index (κ1) is 13.3. The third kappa shape index (κ3) is 3.65. The van der Waals surface area contributed by atoms with Crippen LogP contribution in [0.25, 0.3) is 0 Å². The number of aromatic nitrogens is 1. The number of hydrogen-bond acceptors (Lipinski definition) is 0. The van der Waals surface area contributed by atoms with Gasteiger partial charge in [-0.25, -0.2) is 4.98 Å². The van der Waals surface area contributed by atoms with Gasteiger partial charge in [-0.15, -0.1) is 0 Å². The highest BCUT2D eigenvalue weighted by Crippen LogP contribution is 1.95. The molecule has 0 bridgehead atoms. The SMILES string of the molecule is c1ccc(C[NH+]2CC[NH+](Cc3cccc[nH+]3)CC2)cc1. The van der Waals surface area contributed by atoms with Crippen molar-refractivity contribution in [1.82, 2.24) is 0 Å². The average molecular weight is 270 g/mol. The third-order valence-corrected chi connectivity index (χ3v) is 4.18. The molecule has 1 aliphatic rings. The molecule has 1 fully saturated rings. The van der Waals surface area contributed by atoms with E-state index >= 15 is 0 Å². The first-order valence-corrected chi connectivity index (χ1v) is 7.57. The van der Waals surface area contributed by atoms with Crippen LogP contribution in [-0.2, 0) is 13.1 Å². The molecule has 0 saturated carbocycles. The van der Waals surface area contributed by atoms with Gasteiger partial charge in [-0.3, -0.25) is 0 Å². The summed E-state index contributed by atoms with van der Waals surface area (Å²) in [5.41, 5.74) is 2.80. The summed E-state index contributed by atoms with van der Waals surface area (Å²) in [4.78, 5) is 6.76. The van der Waals surface area contributed by atoms with E-state index in [-0.39, 0.29) is 0 Å². The number of pyridine rings is 1. The van der Waals surface area contributed by atoms with Gasteiger partial charge >= 0.3 is 0 Å². The molecule has 1 aliphatic heterocycles. The molecule has 0 atom stereocenters. The molecular formula is C17H24N3+3. The van der Waals surface area contributed by atoms with Crippen molar-refractivity contribution >= 4 is 0 Å². The van der Waals surface area contributed by atoms with Gasteiger partial charge in [-0.05, 0) is 6.07 Å². The van der Waals surface area contributed by atoms with Crippen molar-refractivity contribution in [2.75, 3.05) is 26.2 Å². The maximum atomic E-state index is 3.34. The van der Waals surface area contributed by atoms with Crippen LogP contribution in [0.2, 0.25) is 0 Å². The topological polar surface area (TPSA) is 23.0 Å². The molecular weight excluding hydrogens is 246 g/mol. The van der Waals surface area contributed by atoms with Crippen LogP contribution in [0.1, 0.15) is 11.3 Å². The largest absolute Gasteiger partial charge is 0.322 e. The number of piperazine rings is 1. The maximum absolute atomic E-state index is 3.34. The van der Waals surface area contributed by atoms with Crippen LogP contribution in [0, 0.1) is 0 Å². The lowest BCUT2D eigenvalue weighted by Gasteiger charge is -2.28. The first-order chi connectivity index (χ1) is 9.90. The Labute approximate surface area is 120 Å². The molecule has 3 N–H and O–H groups in total. The van der Waals surface area contributed by atoms with Crippen molar-refractivity contribution in [2.24, 2.45) is 0 Å². The summed E-state index contributed by atoms with van der Waals surface area (Å²) in [6.45, 7) is 7.38. The van der Waals surface area contributed by atoms with E-state index in [1.54, 1.807) is 9.80 Å². The smallest absolute Gasteiger partial charge is 0.234 e. The monoisotopic (exact) mass is 270 g/mol. The normalized spacial score (nSPS) is 22.6. The van der Waals surface area contributed by atoms with Crippen LogP contribution in [-0.4, -0.2) is 26.2 Å². The summed E-state index contributed by atoms with van der Waals surface area (Å²) in [6.07, 6.45) is 2.02. The second-order valence-electron chi connectivity index (χ2n) is 5.73. The molecule has 1 saturated heterocycles. The van der Waals surface area contributed by atoms with Crippen molar-refractivity contribution in [2.45, 2.75) is 13.1 Å². The zero-order chi connectivity index (χ0) is 13.6. The van der Waals surface area contributed by atoms with E-state index in [1.807, 2.05) is 12.3 Å². The van der Waals surface area contributed by atoms with Gasteiger partial charge in [-0.2, -0.15) is 0 Å². The summed E-state index contributed by atoms with van der Waals surface area (Å²) in [5, 5.41) is 0. The van der Waals surface area contributed by atoms with E-state index in [0.29, 0.717) is 0 Å². The van der Waals surface area contributed by atoms with Crippen molar-refractivity contribution in [3.8, 4) is 0 Å². The number of hydrogen-bond donors (Lipinski definition) is 2. The second kappa shape index (κ2) is 6.64. The van der Waals surface area contributed by atoms with Crippen LogP contribution < -0.4 is 14.8 Å². The van der Waals surface area contributed by atoms with Crippen LogP contribution in [0.4, 0.5) is 0 Å². The maximum Gasteiger partial charge on any atom is 0.234 e. The summed E-state index contributed by atoms with van der Waals surface area (Å²) < 4.78 is 0. The minimum atomic E-state index is 1.12. The van der Waals surface area contributed by atoms with Gasteiger partial charge in [0.25, 0.3) is 0 Å². The van der Waals surface area contributed by atoms with Crippen LogP contribution in [0.3, 0.4) is 0 Å². The lowest BCUT2D eigenvalue weighted by Crippen LogP contribution is -3.27. The number of quaternary nitrogens is 2. The highest BCUT2D eigenvalue weighted by Gasteiger charge is 2.24. The highest BCUT2D eigenvalue weighted by atomic mass is 15.3. The number of benzene rings is 1. The summed E-state index contributed by atoms with van der Waals surface area (Å²) >= 11 is 0. The average Bonchev–Trinajstić information content (AvgIpc) is 2.51. The van der Waals surface area contributed by atoms with Crippen molar-refractivity contribution in [3.63, 3.8) is 0 Å². The molecule has 3 nitrogen and oxygen atoms in total. The van der Waals surface area contributed by atoms with Crippen molar-refractivity contribution < 1.29 is 14.8 Å². The lowest BCUT2D eigenvalue weighted by molar-refractivity contribution is -1.03. The van der Waals surface area contributed by atoms with E-state index in [0.717, 1.165) is 6.54 Å². The number of rotatable bonds is 4. The fourth-order valence-corrected chi connectivity index (χ4v) is 3.01. The van der Waals surface area contributed by atoms with Crippen LogP contribution in [0.15, 0.2) is 54.7 Å². The fraction of sp³-hybridized carbons (Fsp3) is 0.353. The molecule has 2 heterocycles. The van der Waals surface area contributed by atoms with E-state index in [1.165, 1.54) is 44.0 Å². The van der Waals surface area contributed by atoms with Crippen LogP contribution >= 0.6 is 0 Å². The summed E-state index contributed by atoms with van der Waals surface area (Å²) in [6, 6.07) is 17.2. The molecule has 0 aliphatic carbocycles. The van der Waals surface area contributed by atoms with Gasteiger partial charge in [0.05, 0.1) is 0 Å². The Morgan fingerprint density at radius 3 is 2.05 bits per heavy atom. The fourth-order valence-electron chi connectivity index (χ4n) is 3.01. The predicted molar refractivity (Wildman–Crippen MR) is 78.2 cm³/mol. The first-order valence-electron chi connectivity index (χ1n) is 7.57. The number of nitrogens with one attached hydrogen (secondary N) is 3. The minimum absolute atomic E-state index is 1.12. The van der Waals surface area contributed by atoms with Gasteiger partial charge < -0.3 is 9.80 Å². The molecule has 20 heavy (non-hydrogen) atoms. The molecule has 3 heteroatoms. The second-order valence-corrected chi connectivity index (χ2v) is 5.73. The zero-order valence-electron chi connectivity index (χ0n) is 11.9. The van der Waals surface area contributed by atoms with Gasteiger partial charge in [0.2, 0.25) is 5.69 Å². The molecule has 2 aromatic rings. The molecule has 3 rings (SSSR count).